The predicted octanol–water partition coefficient (Wildman–Crippen LogP) is 2.20. The molecule has 1 rings (SSSR count). The van der Waals surface area contributed by atoms with Crippen molar-refractivity contribution < 1.29 is 14.8 Å². The Bertz CT molecular complexity index is 459. The first-order valence-electron chi connectivity index (χ1n) is 5.60. The van der Waals surface area contributed by atoms with Crippen molar-refractivity contribution >= 4 is 17.3 Å². The van der Waals surface area contributed by atoms with Crippen molar-refractivity contribution in [2.75, 3.05) is 18.5 Å². The zero-order valence-corrected chi connectivity index (χ0v) is 10.4. The lowest BCUT2D eigenvalue weighted by Crippen LogP contribution is -2.20. The number of carboxylic acids is 1. The van der Waals surface area contributed by atoms with Crippen LogP contribution in [0, 0.1) is 17.0 Å². The van der Waals surface area contributed by atoms with Crippen molar-refractivity contribution in [2.45, 2.75) is 19.8 Å². The number of nitrogens with zero attached hydrogens (tertiary/aromatic N) is 2. The molecule has 0 saturated carbocycles. The van der Waals surface area contributed by atoms with E-state index in [1.807, 2.05) is 6.92 Å². The number of anilines is 1. The highest BCUT2D eigenvalue weighted by molar-refractivity contribution is 5.67. The van der Waals surface area contributed by atoms with Crippen LogP contribution in [0.2, 0.25) is 0 Å². The van der Waals surface area contributed by atoms with Crippen LogP contribution in [-0.2, 0) is 4.79 Å². The molecule has 18 heavy (non-hydrogen) atoms. The van der Waals surface area contributed by atoms with E-state index in [1.54, 1.807) is 24.1 Å². The Morgan fingerprint density at radius 1 is 1.50 bits per heavy atom. The summed E-state index contributed by atoms with van der Waals surface area (Å²) in [5, 5.41) is 19.5. The maximum Gasteiger partial charge on any atom is 0.303 e. The Kier molecular flexibility index (Phi) is 4.65. The van der Waals surface area contributed by atoms with E-state index in [9.17, 15) is 14.9 Å². The van der Waals surface area contributed by atoms with E-state index in [2.05, 4.69) is 0 Å². The summed E-state index contributed by atoms with van der Waals surface area (Å²) in [7, 11) is 1.73. The minimum Gasteiger partial charge on any atom is -0.481 e. The van der Waals surface area contributed by atoms with Crippen LogP contribution < -0.4 is 4.90 Å². The van der Waals surface area contributed by atoms with Gasteiger partial charge in [-0.1, -0.05) is 6.07 Å². The van der Waals surface area contributed by atoms with Crippen LogP contribution in [0.15, 0.2) is 18.2 Å². The molecular formula is C12H16N2O4. The zero-order valence-electron chi connectivity index (χ0n) is 10.4. The van der Waals surface area contributed by atoms with E-state index in [-0.39, 0.29) is 12.1 Å². The fraction of sp³-hybridized carbons (Fsp3) is 0.417. The van der Waals surface area contributed by atoms with Crippen LogP contribution >= 0.6 is 0 Å². The quantitative estimate of drug-likeness (QED) is 0.619. The third-order valence-electron chi connectivity index (χ3n) is 2.62. The molecule has 1 aromatic rings. The first-order valence-corrected chi connectivity index (χ1v) is 5.60. The predicted molar refractivity (Wildman–Crippen MR) is 68.0 cm³/mol. The third kappa shape index (κ3) is 3.73. The van der Waals surface area contributed by atoms with Gasteiger partial charge >= 0.3 is 5.97 Å². The van der Waals surface area contributed by atoms with Crippen LogP contribution in [0.25, 0.3) is 0 Å². The largest absolute Gasteiger partial charge is 0.481 e. The lowest BCUT2D eigenvalue weighted by atomic mass is 10.1. The van der Waals surface area contributed by atoms with Crippen molar-refractivity contribution in [3.05, 3.63) is 33.9 Å². The van der Waals surface area contributed by atoms with Gasteiger partial charge in [0.15, 0.2) is 0 Å². The Balaban J connectivity index is 2.83. The number of carboxylic acid groups (broad SMARTS) is 1. The lowest BCUT2D eigenvalue weighted by molar-refractivity contribution is -0.384. The molecule has 98 valence electrons. The van der Waals surface area contributed by atoms with E-state index in [0.717, 1.165) is 5.56 Å². The minimum atomic E-state index is -0.859. The Hall–Kier alpha value is -2.11. The van der Waals surface area contributed by atoms with Crippen LogP contribution in [-0.4, -0.2) is 29.6 Å². The number of rotatable bonds is 6. The van der Waals surface area contributed by atoms with E-state index in [1.165, 1.54) is 6.07 Å². The Morgan fingerprint density at radius 3 is 2.72 bits per heavy atom. The molecule has 6 heteroatoms. The number of carbonyl (C=O) groups is 1. The van der Waals surface area contributed by atoms with E-state index in [0.29, 0.717) is 18.7 Å². The van der Waals surface area contributed by atoms with Crippen LogP contribution in [0.4, 0.5) is 11.4 Å². The third-order valence-corrected chi connectivity index (χ3v) is 2.62. The molecule has 0 radical (unpaired) electrons. The van der Waals surface area contributed by atoms with Gasteiger partial charge in [0, 0.05) is 26.1 Å². The average molecular weight is 252 g/mol. The number of aryl methyl sites for hydroxylation is 1. The number of hydrogen-bond donors (Lipinski definition) is 1. The maximum atomic E-state index is 10.9. The van der Waals surface area contributed by atoms with Crippen molar-refractivity contribution in [3.8, 4) is 0 Å². The first-order chi connectivity index (χ1) is 8.41. The van der Waals surface area contributed by atoms with Gasteiger partial charge in [0.25, 0.3) is 5.69 Å². The first kappa shape index (κ1) is 14.0. The summed E-state index contributed by atoms with van der Waals surface area (Å²) >= 11 is 0. The van der Waals surface area contributed by atoms with Gasteiger partial charge in [-0.15, -0.1) is 0 Å². The summed E-state index contributed by atoms with van der Waals surface area (Å²) in [6, 6.07) is 4.89. The topological polar surface area (TPSA) is 83.7 Å². The minimum absolute atomic E-state index is 0.0402. The number of nitro benzene ring substituents is 1. The summed E-state index contributed by atoms with van der Waals surface area (Å²) in [6.07, 6.45) is 0.515. The fourth-order valence-electron chi connectivity index (χ4n) is 1.68. The number of nitro groups is 1. The van der Waals surface area contributed by atoms with Crippen LogP contribution in [0.3, 0.4) is 0 Å². The van der Waals surface area contributed by atoms with Crippen molar-refractivity contribution in [2.24, 2.45) is 0 Å². The molecule has 1 N–H and O–H groups in total. The number of benzene rings is 1. The van der Waals surface area contributed by atoms with Gasteiger partial charge in [0.05, 0.1) is 4.92 Å². The molecule has 0 fully saturated rings. The number of hydrogen-bond acceptors (Lipinski definition) is 4. The average Bonchev–Trinajstić information content (AvgIpc) is 2.27. The van der Waals surface area contributed by atoms with E-state index >= 15 is 0 Å². The second-order valence-corrected chi connectivity index (χ2v) is 4.17. The lowest BCUT2D eigenvalue weighted by Gasteiger charge is -2.19. The van der Waals surface area contributed by atoms with Gasteiger partial charge in [0.1, 0.15) is 5.69 Å². The van der Waals surface area contributed by atoms with Gasteiger partial charge in [-0.2, -0.15) is 0 Å². The van der Waals surface area contributed by atoms with Gasteiger partial charge in [-0.05, 0) is 25.0 Å². The molecule has 0 saturated heterocycles. The molecular weight excluding hydrogens is 236 g/mol. The number of aliphatic carboxylic acids is 1. The summed E-state index contributed by atoms with van der Waals surface area (Å²) in [4.78, 5) is 22.6. The molecule has 0 aliphatic carbocycles. The second-order valence-electron chi connectivity index (χ2n) is 4.17. The normalized spacial score (nSPS) is 10.1. The van der Waals surface area contributed by atoms with Crippen molar-refractivity contribution in [1.82, 2.24) is 0 Å². The highest BCUT2D eigenvalue weighted by atomic mass is 16.6. The molecule has 0 atom stereocenters. The molecule has 0 bridgehead atoms. The highest BCUT2D eigenvalue weighted by Gasteiger charge is 2.16. The molecule has 0 spiro atoms. The smallest absolute Gasteiger partial charge is 0.303 e. The van der Waals surface area contributed by atoms with Gasteiger partial charge in [-0.25, -0.2) is 0 Å². The molecule has 0 aromatic heterocycles. The second kappa shape index (κ2) is 6.00. The van der Waals surface area contributed by atoms with Gasteiger partial charge in [0.2, 0.25) is 0 Å². The zero-order chi connectivity index (χ0) is 13.7. The summed E-state index contributed by atoms with van der Waals surface area (Å²) in [6.45, 7) is 2.33. The molecule has 0 aliphatic rings. The van der Waals surface area contributed by atoms with Crippen molar-refractivity contribution in [1.29, 1.82) is 0 Å². The molecule has 0 aliphatic heterocycles. The molecule has 1 aromatic carbocycles. The van der Waals surface area contributed by atoms with Gasteiger partial charge in [-0.3, -0.25) is 14.9 Å². The summed E-state index contributed by atoms with van der Waals surface area (Å²) in [5.41, 5.74) is 1.49. The highest BCUT2D eigenvalue weighted by Crippen LogP contribution is 2.28. The molecule has 6 nitrogen and oxygen atoms in total. The monoisotopic (exact) mass is 252 g/mol. The maximum absolute atomic E-state index is 10.9. The standard InChI is InChI=1S/C12H16N2O4/c1-9-5-6-10(14(17)18)11(8-9)13(2)7-3-4-12(15)16/h5-6,8H,3-4,7H2,1-2H3,(H,15,16). The molecule has 0 amide bonds. The molecule has 0 unspecified atom stereocenters. The summed E-state index contributed by atoms with van der Waals surface area (Å²) in [5.74, 6) is -0.859. The Morgan fingerprint density at radius 2 is 2.17 bits per heavy atom. The van der Waals surface area contributed by atoms with E-state index in [4.69, 9.17) is 5.11 Å². The summed E-state index contributed by atoms with van der Waals surface area (Å²) < 4.78 is 0. The van der Waals surface area contributed by atoms with Crippen LogP contribution in [0.1, 0.15) is 18.4 Å². The van der Waals surface area contributed by atoms with Gasteiger partial charge < -0.3 is 10.0 Å². The SMILES string of the molecule is Cc1ccc([N+](=O)[O-])c(N(C)CCCC(=O)O)c1. The molecule has 0 heterocycles. The Labute approximate surface area is 105 Å². The fourth-order valence-corrected chi connectivity index (χ4v) is 1.68. The van der Waals surface area contributed by atoms with Crippen LogP contribution in [0.5, 0.6) is 0 Å². The van der Waals surface area contributed by atoms with E-state index < -0.39 is 10.9 Å². The van der Waals surface area contributed by atoms with Crippen molar-refractivity contribution in [3.63, 3.8) is 0 Å².